The minimum atomic E-state index is -0.367. The van der Waals surface area contributed by atoms with E-state index in [4.69, 9.17) is 28.9 Å². The van der Waals surface area contributed by atoms with Crippen LogP contribution in [0.5, 0.6) is 0 Å². The predicted octanol–water partition coefficient (Wildman–Crippen LogP) is 6.43. The number of rotatable bonds is 3. The maximum atomic E-state index is 13.4. The Balaban J connectivity index is 2.11. The number of benzene rings is 3. The second kappa shape index (κ2) is 6.71. The number of aryl methyl sites for hydroxylation is 1. The smallest absolute Gasteiger partial charge is 0.124 e. The first kappa shape index (κ1) is 16.6. The van der Waals surface area contributed by atoms with Crippen molar-refractivity contribution in [3.05, 3.63) is 76.0 Å². The first-order valence-corrected chi connectivity index (χ1v) is 8.08. The highest BCUT2D eigenvalue weighted by atomic mass is 35.5. The molecule has 5 heteroatoms. The molecule has 0 spiro atoms. The van der Waals surface area contributed by atoms with E-state index in [2.05, 4.69) is 5.32 Å². The van der Waals surface area contributed by atoms with Crippen molar-refractivity contribution in [1.29, 1.82) is 0 Å². The molecule has 0 atom stereocenters. The lowest BCUT2D eigenvalue weighted by Crippen LogP contribution is -1.99. The normalized spacial score (nSPS) is 10.7. The molecule has 3 N–H and O–H groups in total. The molecule has 0 fully saturated rings. The monoisotopic (exact) mass is 360 g/mol. The topological polar surface area (TPSA) is 38.0 Å². The summed E-state index contributed by atoms with van der Waals surface area (Å²) in [4.78, 5) is 0. The zero-order chi connectivity index (χ0) is 17.3. The van der Waals surface area contributed by atoms with Gasteiger partial charge in [0.1, 0.15) is 5.82 Å². The number of hydrogen-bond donors (Lipinski definition) is 2. The van der Waals surface area contributed by atoms with Crippen LogP contribution in [0.3, 0.4) is 0 Å². The van der Waals surface area contributed by atoms with Gasteiger partial charge in [-0.25, -0.2) is 4.39 Å². The largest absolute Gasteiger partial charge is 0.397 e. The van der Waals surface area contributed by atoms with E-state index < -0.39 is 0 Å². The van der Waals surface area contributed by atoms with Gasteiger partial charge in [-0.2, -0.15) is 0 Å². The van der Waals surface area contributed by atoms with Gasteiger partial charge in [0.15, 0.2) is 0 Å². The Morgan fingerprint density at radius 1 is 0.958 bits per heavy atom. The van der Waals surface area contributed by atoms with E-state index in [9.17, 15) is 4.39 Å². The molecule has 3 aromatic carbocycles. The average Bonchev–Trinajstić information content (AvgIpc) is 2.51. The predicted molar refractivity (Wildman–Crippen MR) is 101 cm³/mol. The van der Waals surface area contributed by atoms with Gasteiger partial charge < -0.3 is 11.1 Å². The van der Waals surface area contributed by atoms with E-state index in [0.717, 1.165) is 28.1 Å². The molecule has 122 valence electrons. The average molecular weight is 361 g/mol. The van der Waals surface area contributed by atoms with Crippen molar-refractivity contribution >= 4 is 40.3 Å². The van der Waals surface area contributed by atoms with Crippen molar-refractivity contribution in [3.8, 4) is 11.1 Å². The maximum Gasteiger partial charge on any atom is 0.124 e. The highest BCUT2D eigenvalue weighted by molar-refractivity contribution is 6.33. The summed E-state index contributed by atoms with van der Waals surface area (Å²) in [5.74, 6) is -0.367. The molecule has 0 bridgehead atoms. The minimum Gasteiger partial charge on any atom is -0.397 e. The van der Waals surface area contributed by atoms with Gasteiger partial charge in [-0.15, -0.1) is 0 Å². The third-order valence-corrected chi connectivity index (χ3v) is 4.30. The molecule has 0 heterocycles. The highest BCUT2D eigenvalue weighted by Gasteiger charge is 2.13. The van der Waals surface area contributed by atoms with Crippen molar-refractivity contribution < 1.29 is 4.39 Å². The molecule has 0 aliphatic carbocycles. The Morgan fingerprint density at radius 3 is 2.46 bits per heavy atom. The molecule has 0 amide bonds. The van der Waals surface area contributed by atoms with Crippen molar-refractivity contribution in [2.75, 3.05) is 11.1 Å². The Kier molecular flexibility index (Phi) is 4.65. The van der Waals surface area contributed by atoms with Gasteiger partial charge >= 0.3 is 0 Å². The molecule has 0 unspecified atom stereocenters. The summed E-state index contributed by atoms with van der Waals surface area (Å²) in [7, 11) is 0. The van der Waals surface area contributed by atoms with E-state index in [1.165, 1.54) is 12.1 Å². The lowest BCUT2D eigenvalue weighted by molar-refractivity contribution is 0.628. The number of hydrogen-bond acceptors (Lipinski definition) is 2. The van der Waals surface area contributed by atoms with Crippen LogP contribution in [0.1, 0.15) is 5.56 Å². The number of nitrogen functional groups attached to an aromatic ring is 1. The van der Waals surface area contributed by atoms with Gasteiger partial charge in [0.2, 0.25) is 0 Å². The van der Waals surface area contributed by atoms with Crippen molar-refractivity contribution in [2.24, 2.45) is 0 Å². The van der Waals surface area contributed by atoms with Gasteiger partial charge in [-0.05, 0) is 55.0 Å². The maximum absolute atomic E-state index is 13.4. The summed E-state index contributed by atoms with van der Waals surface area (Å²) < 4.78 is 13.4. The Labute approximate surface area is 150 Å². The van der Waals surface area contributed by atoms with Crippen LogP contribution in [0.25, 0.3) is 11.1 Å². The lowest BCUT2D eigenvalue weighted by Gasteiger charge is -2.17. The molecular formula is C19H15Cl2FN2. The minimum absolute atomic E-state index is 0.358. The molecule has 3 aromatic rings. The fourth-order valence-corrected chi connectivity index (χ4v) is 3.06. The van der Waals surface area contributed by atoms with Crippen LogP contribution in [-0.4, -0.2) is 0 Å². The third-order valence-electron chi connectivity index (χ3n) is 3.76. The fraction of sp³-hybridized carbons (Fsp3) is 0.0526. The Bertz CT molecular complexity index is 910. The van der Waals surface area contributed by atoms with Gasteiger partial charge in [0, 0.05) is 21.8 Å². The third kappa shape index (κ3) is 3.32. The fourth-order valence-electron chi connectivity index (χ4n) is 2.61. The quantitative estimate of drug-likeness (QED) is 0.527. The van der Waals surface area contributed by atoms with Gasteiger partial charge in [-0.1, -0.05) is 35.3 Å². The summed E-state index contributed by atoms with van der Waals surface area (Å²) in [6.07, 6.45) is 0. The van der Waals surface area contributed by atoms with Crippen LogP contribution in [0, 0.1) is 12.7 Å². The van der Waals surface area contributed by atoms with Crippen LogP contribution >= 0.6 is 23.2 Å². The number of anilines is 3. The summed E-state index contributed by atoms with van der Waals surface area (Å²) in [5.41, 5.74) is 10.8. The standard InChI is InChI=1S/C19H15Cl2FN2/c1-11-3-2-4-18(24-17-8-5-12(20)9-16(17)23)19(11)14-7-6-13(22)10-15(14)21/h2-10,24H,23H2,1H3. The first-order valence-electron chi connectivity index (χ1n) is 7.33. The SMILES string of the molecule is Cc1cccc(Nc2ccc(Cl)cc2N)c1-c1ccc(F)cc1Cl. The lowest BCUT2D eigenvalue weighted by atomic mass is 9.98. The second-order valence-corrected chi connectivity index (χ2v) is 6.32. The number of nitrogens with two attached hydrogens (primary N) is 1. The van der Waals surface area contributed by atoms with Crippen molar-refractivity contribution in [1.82, 2.24) is 0 Å². The van der Waals surface area contributed by atoms with E-state index in [1.54, 1.807) is 18.2 Å². The highest BCUT2D eigenvalue weighted by Crippen LogP contribution is 2.38. The molecule has 24 heavy (non-hydrogen) atoms. The van der Waals surface area contributed by atoms with Gasteiger partial charge in [0.25, 0.3) is 0 Å². The molecule has 0 aliphatic rings. The van der Waals surface area contributed by atoms with Crippen molar-refractivity contribution in [2.45, 2.75) is 6.92 Å². The summed E-state index contributed by atoms with van der Waals surface area (Å²) >= 11 is 12.2. The molecular weight excluding hydrogens is 346 g/mol. The molecule has 0 aliphatic heterocycles. The van der Waals surface area contributed by atoms with E-state index >= 15 is 0 Å². The Morgan fingerprint density at radius 2 is 1.75 bits per heavy atom. The van der Waals surface area contributed by atoms with E-state index in [0.29, 0.717) is 15.7 Å². The zero-order valence-corrected chi connectivity index (χ0v) is 14.4. The van der Waals surface area contributed by atoms with Crippen LogP contribution in [0.4, 0.5) is 21.5 Å². The Hall–Kier alpha value is -2.23. The molecule has 0 saturated carbocycles. The number of nitrogens with one attached hydrogen (secondary N) is 1. The van der Waals surface area contributed by atoms with Crippen LogP contribution in [-0.2, 0) is 0 Å². The molecule has 3 rings (SSSR count). The van der Waals surface area contributed by atoms with Crippen LogP contribution in [0.2, 0.25) is 10.0 Å². The van der Waals surface area contributed by atoms with Crippen LogP contribution < -0.4 is 11.1 Å². The van der Waals surface area contributed by atoms with Crippen molar-refractivity contribution in [3.63, 3.8) is 0 Å². The summed E-state index contributed by atoms with van der Waals surface area (Å²) in [6.45, 7) is 1.98. The van der Waals surface area contributed by atoms with E-state index in [-0.39, 0.29) is 5.82 Å². The summed E-state index contributed by atoms with van der Waals surface area (Å²) in [5, 5.41) is 4.24. The van der Waals surface area contributed by atoms with E-state index in [1.807, 2.05) is 31.2 Å². The second-order valence-electron chi connectivity index (χ2n) is 5.48. The molecule has 2 nitrogen and oxygen atoms in total. The van der Waals surface area contributed by atoms with Gasteiger partial charge in [-0.3, -0.25) is 0 Å². The van der Waals surface area contributed by atoms with Gasteiger partial charge in [0.05, 0.1) is 16.4 Å². The number of halogens is 3. The first-order chi connectivity index (χ1) is 11.5. The summed E-state index contributed by atoms with van der Waals surface area (Å²) in [6, 6.07) is 15.5. The molecule has 0 saturated heterocycles. The molecule has 0 radical (unpaired) electrons. The zero-order valence-electron chi connectivity index (χ0n) is 12.9. The molecule has 0 aromatic heterocycles. The van der Waals surface area contributed by atoms with Crippen LogP contribution in [0.15, 0.2) is 54.6 Å².